The average Bonchev–Trinajstić information content (AvgIpc) is 3.07. The summed E-state index contributed by atoms with van der Waals surface area (Å²) < 4.78 is 11.9. The summed E-state index contributed by atoms with van der Waals surface area (Å²) in [5.74, 6) is 7.30. The lowest BCUT2D eigenvalue weighted by atomic mass is 10.0. The largest absolute Gasteiger partial charge is 0.487 e. The molecule has 0 saturated carbocycles. The molecule has 2 aromatic heterocycles. The van der Waals surface area contributed by atoms with Gasteiger partial charge in [-0.1, -0.05) is 79.2 Å². The molecule has 4 aromatic carbocycles. The van der Waals surface area contributed by atoms with E-state index in [9.17, 15) is 0 Å². The van der Waals surface area contributed by atoms with E-state index in [0.29, 0.717) is 13.2 Å². The summed E-state index contributed by atoms with van der Waals surface area (Å²) in [5, 5.41) is 2.26. The lowest BCUT2D eigenvalue weighted by Gasteiger charge is -2.15. The van der Waals surface area contributed by atoms with Crippen molar-refractivity contribution in [3.8, 4) is 11.5 Å². The number of pyridine rings is 2. The van der Waals surface area contributed by atoms with Crippen LogP contribution in [-0.2, 0) is 24.5 Å². The highest BCUT2D eigenvalue weighted by Crippen LogP contribution is 2.26. The molecule has 6 heteroatoms. The summed E-state index contributed by atoms with van der Waals surface area (Å²) in [5.41, 5.74) is 6.09. The maximum absolute atomic E-state index is 5.97. The molecule has 0 fully saturated rings. The van der Waals surface area contributed by atoms with Crippen molar-refractivity contribution in [1.29, 1.82) is 0 Å². The van der Waals surface area contributed by atoms with E-state index in [0.717, 1.165) is 75.9 Å². The molecule has 6 nitrogen and oxygen atoms in total. The third kappa shape index (κ3) is 7.55. The summed E-state index contributed by atoms with van der Waals surface area (Å²) in [6, 6.07) is 40.6. The Morgan fingerprint density at radius 1 is 0.558 bits per heavy atom. The van der Waals surface area contributed by atoms with Crippen molar-refractivity contribution in [2.45, 2.75) is 45.0 Å². The van der Waals surface area contributed by atoms with Crippen molar-refractivity contribution < 1.29 is 14.3 Å². The van der Waals surface area contributed by atoms with Gasteiger partial charge in [-0.05, 0) is 78.9 Å². The highest BCUT2D eigenvalue weighted by Gasteiger charge is 2.12. The minimum Gasteiger partial charge on any atom is -0.487 e. The van der Waals surface area contributed by atoms with E-state index in [1.165, 1.54) is 5.56 Å². The number of hydrogen-bond donors (Lipinski definition) is 1. The molecule has 0 amide bonds. The Morgan fingerprint density at radius 2 is 1.09 bits per heavy atom. The number of aryl methyl sites for hydroxylation is 1. The van der Waals surface area contributed by atoms with Crippen LogP contribution in [0.4, 0.5) is 0 Å². The Kier molecular flexibility index (Phi) is 9.18. The quantitative estimate of drug-likeness (QED) is 0.111. The summed E-state index contributed by atoms with van der Waals surface area (Å²) in [4.78, 5) is 14.7. The first-order valence-electron chi connectivity index (χ1n) is 14.7. The van der Waals surface area contributed by atoms with Crippen LogP contribution in [0.2, 0.25) is 0 Å². The van der Waals surface area contributed by atoms with Crippen LogP contribution in [0.5, 0.6) is 11.5 Å². The number of hydrogen-bond acceptors (Lipinski definition) is 6. The van der Waals surface area contributed by atoms with Crippen molar-refractivity contribution in [3.05, 3.63) is 144 Å². The van der Waals surface area contributed by atoms with Crippen LogP contribution in [0.1, 0.15) is 47.9 Å². The zero-order valence-electron chi connectivity index (χ0n) is 24.1. The van der Waals surface area contributed by atoms with Crippen LogP contribution in [0.15, 0.2) is 121 Å². The molecule has 2 heterocycles. The second-order valence-corrected chi connectivity index (χ2v) is 10.7. The maximum Gasteiger partial charge on any atom is 0.130 e. The Balaban J connectivity index is 0.928. The van der Waals surface area contributed by atoms with Crippen molar-refractivity contribution in [1.82, 2.24) is 9.97 Å². The standard InChI is InChI=1S/C37H35N3O3/c38-43-37(30-17-23-34(24-18-30)42-26-32-20-16-29-9-3-5-11-36(29)40-32)12-6-1-7-27-13-21-33(22-14-27)41-25-31-19-15-28-8-2-4-10-35(28)39-31/h2-5,8-11,13-24,37H,1,6-7,12,25-26,38H2. The molecule has 0 saturated heterocycles. The molecule has 2 N–H and O–H groups in total. The number of nitrogens with zero attached hydrogens (tertiary/aromatic N) is 2. The first-order chi connectivity index (χ1) is 21.2. The molecule has 43 heavy (non-hydrogen) atoms. The predicted molar refractivity (Wildman–Crippen MR) is 171 cm³/mol. The van der Waals surface area contributed by atoms with E-state index in [1.54, 1.807) is 0 Å². The first-order valence-corrected chi connectivity index (χ1v) is 14.7. The molecule has 0 spiro atoms. The number of nitrogens with two attached hydrogens (primary N) is 1. The monoisotopic (exact) mass is 569 g/mol. The molecule has 0 aliphatic heterocycles. The fourth-order valence-corrected chi connectivity index (χ4v) is 5.19. The highest BCUT2D eigenvalue weighted by molar-refractivity contribution is 5.79. The number of para-hydroxylation sites is 2. The Hall–Kier alpha value is -4.78. The van der Waals surface area contributed by atoms with E-state index in [1.807, 2.05) is 84.9 Å². The maximum atomic E-state index is 5.97. The molecule has 6 aromatic rings. The minimum atomic E-state index is -0.157. The number of fused-ring (bicyclic) bond motifs is 2. The summed E-state index contributed by atoms with van der Waals surface area (Å²) in [6.07, 6.45) is 3.72. The van der Waals surface area contributed by atoms with Gasteiger partial charge < -0.3 is 9.47 Å². The van der Waals surface area contributed by atoms with Gasteiger partial charge in [0.2, 0.25) is 0 Å². The molecule has 6 rings (SSSR count). The van der Waals surface area contributed by atoms with Gasteiger partial charge in [-0.2, -0.15) is 0 Å². The number of rotatable bonds is 13. The van der Waals surface area contributed by atoms with Gasteiger partial charge in [0.15, 0.2) is 0 Å². The van der Waals surface area contributed by atoms with Gasteiger partial charge in [0.05, 0.1) is 22.4 Å². The van der Waals surface area contributed by atoms with Crippen molar-refractivity contribution in [3.63, 3.8) is 0 Å². The van der Waals surface area contributed by atoms with Crippen LogP contribution >= 0.6 is 0 Å². The van der Waals surface area contributed by atoms with Gasteiger partial charge in [0.1, 0.15) is 30.8 Å². The van der Waals surface area contributed by atoms with Crippen LogP contribution in [0, 0.1) is 0 Å². The van der Waals surface area contributed by atoms with E-state index < -0.39 is 0 Å². The zero-order valence-corrected chi connectivity index (χ0v) is 24.1. The predicted octanol–water partition coefficient (Wildman–Crippen LogP) is 8.29. The summed E-state index contributed by atoms with van der Waals surface area (Å²) in [6.45, 7) is 0.856. The van der Waals surface area contributed by atoms with Gasteiger partial charge in [-0.3, -0.25) is 4.84 Å². The highest BCUT2D eigenvalue weighted by atomic mass is 16.6. The van der Waals surface area contributed by atoms with Crippen LogP contribution in [0.25, 0.3) is 21.8 Å². The molecule has 0 bridgehead atoms. The smallest absolute Gasteiger partial charge is 0.130 e. The number of unbranched alkanes of at least 4 members (excludes halogenated alkanes) is 1. The molecule has 0 aliphatic rings. The SMILES string of the molecule is NOC(CCCCc1ccc(OCc2ccc3ccccc3n2)cc1)c1ccc(OCc2ccc3ccccc3n2)cc1. The topological polar surface area (TPSA) is 79.5 Å². The normalized spacial score (nSPS) is 11.9. The Morgan fingerprint density at radius 3 is 1.65 bits per heavy atom. The molecule has 1 unspecified atom stereocenters. The third-order valence-corrected chi connectivity index (χ3v) is 7.61. The van der Waals surface area contributed by atoms with Crippen molar-refractivity contribution in [2.75, 3.05) is 0 Å². The second kappa shape index (κ2) is 13.9. The minimum absolute atomic E-state index is 0.157. The molecular weight excluding hydrogens is 534 g/mol. The molecule has 1 atom stereocenters. The van der Waals surface area contributed by atoms with E-state index in [-0.39, 0.29) is 6.10 Å². The van der Waals surface area contributed by atoms with Crippen molar-refractivity contribution >= 4 is 21.8 Å². The summed E-state index contributed by atoms with van der Waals surface area (Å²) >= 11 is 0. The van der Waals surface area contributed by atoms with Gasteiger partial charge in [-0.15, -0.1) is 0 Å². The zero-order chi connectivity index (χ0) is 29.3. The number of ether oxygens (including phenoxy) is 2. The number of aromatic nitrogens is 2. The van der Waals surface area contributed by atoms with Crippen LogP contribution in [-0.4, -0.2) is 9.97 Å². The Labute approximate surface area is 252 Å². The molecular formula is C37H35N3O3. The first kappa shape index (κ1) is 28.3. The van der Waals surface area contributed by atoms with Crippen LogP contribution in [0.3, 0.4) is 0 Å². The number of benzene rings is 4. The molecule has 216 valence electrons. The fraction of sp³-hybridized carbons (Fsp3) is 0.189. The lowest BCUT2D eigenvalue weighted by molar-refractivity contribution is 0.0447. The molecule has 0 aliphatic carbocycles. The van der Waals surface area contributed by atoms with E-state index in [4.69, 9.17) is 20.2 Å². The van der Waals surface area contributed by atoms with E-state index >= 15 is 0 Å². The molecule has 0 radical (unpaired) electrons. The van der Waals surface area contributed by atoms with Gasteiger partial charge >= 0.3 is 0 Å². The average molecular weight is 570 g/mol. The Bertz CT molecular complexity index is 1770. The van der Waals surface area contributed by atoms with Gasteiger partial charge in [-0.25, -0.2) is 15.9 Å². The second-order valence-electron chi connectivity index (χ2n) is 10.7. The third-order valence-electron chi connectivity index (χ3n) is 7.61. The van der Waals surface area contributed by atoms with Crippen molar-refractivity contribution in [2.24, 2.45) is 5.90 Å². The summed E-state index contributed by atoms with van der Waals surface area (Å²) in [7, 11) is 0. The fourth-order valence-electron chi connectivity index (χ4n) is 5.19. The van der Waals surface area contributed by atoms with Crippen LogP contribution < -0.4 is 15.4 Å². The van der Waals surface area contributed by atoms with Gasteiger partial charge in [0, 0.05) is 10.8 Å². The van der Waals surface area contributed by atoms with E-state index in [2.05, 4.69) is 46.4 Å². The lowest BCUT2D eigenvalue weighted by Crippen LogP contribution is -2.09. The van der Waals surface area contributed by atoms with Gasteiger partial charge in [0.25, 0.3) is 0 Å².